The third-order valence-electron chi connectivity index (χ3n) is 4.47. The average molecular weight is 449 g/mol. The van der Waals surface area contributed by atoms with E-state index in [4.69, 9.17) is 11.6 Å². The Morgan fingerprint density at radius 1 is 1.07 bits per heavy atom. The van der Waals surface area contributed by atoms with Gasteiger partial charge < -0.3 is 0 Å². The second kappa shape index (κ2) is 8.26. The summed E-state index contributed by atoms with van der Waals surface area (Å²) in [7, 11) is 0. The number of thioether (sulfide) groups is 1. The molecule has 0 N–H and O–H groups in total. The van der Waals surface area contributed by atoms with Crippen LogP contribution in [-0.2, 0) is 6.54 Å². The van der Waals surface area contributed by atoms with Gasteiger partial charge in [-0.2, -0.15) is 0 Å². The predicted molar refractivity (Wildman–Crippen MR) is 116 cm³/mol. The van der Waals surface area contributed by atoms with Gasteiger partial charge in [0.25, 0.3) is 0 Å². The molecule has 148 valence electrons. The average Bonchev–Trinajstić information content (AvgIpc) is 2.72. The van der Waals surface area contributed by atoms with Crippen LogP contribution >= 0.6 is 35.3 Å². The van der Waals surface area contributed by atoms with Crippen molar-refractivity contribution in [2.24, 2.45) is 0 Å². The van der Waals surface area contributed by atoms with Crippen LogP contribution < -0.4 is 9.21 Å². The molecule has 0 fully saturated rings. The topological polar surface area (TPSA) is 23.6 Å². The van der Waals surface area contributed by atoms with E-state index in [1.807, 2.05) is 30.5 Å². The van der Waals surface area contributed by atoms with E-state index < -0.39 is 11.6 Å². The van der Waals surface area contributed by atoms with E-state index in [-0.39, 0.29) is 23.2 Å². The summed E-state index contributed by atoms with van der Waals surface area (Å²) in [5.74, 6) is -0.907. The molecule has 0 bridgehead atoms. The summed E-state index contributed by atoms with van der Waals surface area (Å²) in [6.45, 7) is -0.0672. The Bertz CT molecular complexity index is 1080. The summed E-state index contributed by atoms with van der Waals surface area (Å²) < 4.78 is 29.8. The molecule has 3 aromatic carbocycles. The first-order chi connectivity index (χ1) is 14.0. The Labute approximate surface area is 180 Å². The molecule has 0 aromatic heterocycles. The van der Waals surface area contributed by atoms with Crippen molar-refractivity contribution in [2.75, 3.05) is 15.5 Å². The minimum Gasteiger partial charge on any atom is -0.288 e. The molecule has 4 rings (SSSR count). The fourth-order valence-electron chi connectivity index (χ4n) is 3.03. The van der Waals surface area contributed by atoms with E-state index in [1.54, 1.807) is 17.8 Å². The molecule has 0 saturated heterocycles. The molecule has 3 nitrogen and oxygen atoms in total. The lowest BCUT2D eigenvalue weighted by atomic mass is 10.1. The summed E-state index contributed by atoms with van der Waals surface area (Å²) >= 11 is 8.88. The van der Waals surface area contributed by atoms with E-state index in [9.17, 15) is 13.6 Å². The molecule has 1 aliphatic rings. The Kier molecular flexibility index (Phi) is 5.72. The third-order valence-corrected chi connectivity index (χ3v) is 6.63. The number of hydrogen-bond donors (Lipinski definition) is 0. The van der Waals surface area contributed by atoms with Gasteiger partial charge in [-0.3, -0.25) is 4.90 Å². The van der Waals surface area contributed by atoms with Crippen molar-refractivity contribution < 1.29 is 13.6 Å². The van der Waals surface area contributed by atoms with Crippen molar-refractivity contribution in [3.05, 3.63) is 82.9 Å². The number of benzene rings is 3. The largest absolute Gasteiger partial charge is 0.339 e. The van der Waals surface area contributed by atoms with Crippen LogP contribution in [-0.4, -0.2) is 12.3 Å². The fourth-order valence-corrected chi connectivity index (χ4v) is 4.73. The minimum atomic E-state index is -0.497. The van der Waals surface area contributed by atoms with Gasteiger partial charge in [0.1, 0.15) is 11.6 Å². The lowest BCUT2D eigenvalue weighted by Crippen LogP contribution is -2.43. The zero-order valence-corrected chi connectivity index (χ0v) is 17.6. The van der Waals surface area contributed by atoms with Crippen LogP contribution in [0, 0.1) is 11.6 Å². The number of nitrogens with zero attached hydrogens (tertiary/aromatic N) is 2. The van der Waals surface area contributed by atoms with Gasteiger partial charge in [0.05, 0.1) is 22.8 Å². The van der Waals surface area contributed by atoms with Crippen LogP contribution in [0.3, 0.4) is 0 Å². The Morgan fingerprint density at radius 2 is 1.86 bits per heavy atom. The number of carbonyl (C=O) groups excluding carboxylic acids is 1. The summed E-state index contributed by atoms with van der Waals surface area (Å²) in [5.41, 5.74) is 1.38. The van der Waals surface area contributed by atoms with Gasteiger partial charge in [-0.1, -0.05) is 23.7 Å². The summed E-state index contributed by atoms with van der Waals surface area (Å²) in [6.07, 6.45) is 1.95. The molecule has 2 amide bonds. The van der Waals surface area contributed by atoms with E-state index in [2.05, 4.69) is 0 Å². The molecule has 29 heavy (non-hydrogen) atoms. The van der Waals surface area contributed by atoms with Gasteiger partial charge in [-0.05, 0) is 66.7 Å². The van der Waals surface area contributed by atoms with E-state index in [0.717, 1.165) is 16.8 Å². The van der Waals surface area contributed by atoms with Crippen LogP contribution in [0.15, 0.2) is 70.5 Å². The van der Waals surface area contributed by atoms with Gasteiger partial charge in [0.15, 0.2) is 0 Å². The molecule has 0 unspecified atom stereocenters. The van der Waals surface area contributed by atoms with Gasteiger partial charge in [-0.25, -0.2) is 17.9 Å². The molecule has 8 heteroatoms. The van der Waals surface area contributed by atoms with Gasteiger partial charge in [0.2, 0.25) is 0 Å². The highest BCUT2D eigenvalue weighted by molar-refractivity contribution is 8.01. The Balaban J connectivity index is 1.79. The Morgan fingerprint density at radius 3 is 2.62 bits per heavy atom. The van der Waals surface area contributed by atoms with Crippen LogP contribution in [0.5, 0.6) is 0 Å². The van der Waals surface area contributed by atoms with Crippen molar-refractivity contribution in [3.8, 4) is 0 Å². The van der Waals surface area contributed by atoms with Crippen molar-refractivity contribution in [1.29, 1.82) is 0 Å². The number of carbonyl (C=O) groups is 1. The van der Waals surface area contributed by atoms with Crippen LogP contribution in [0.4, 0.5) is 25.0 Å². The maximum absolute atomic E-state index is 14.4. The molecule has 0 saturated carbocycles. The van der Waals surface area contributed by atoms with Crippen molar-refractivity contribution in [2.45, 2.75) is 16.3 Å². The zero-order chi connectivity index (χ0) is 20.5. The number of amides is 2. The molecular weight excluding hydrogens is 434 g/mol. The highest BCUT2D eigenvalue weighted by Gasteiger charge is 2.33. The van der Waals surface area contributed by atoms with E-state index in [1.165, 1.54) is 39.5 Å². The quantitative estimate of drug-likeness (QED) is 0.317. The lowest BCUT2D eigenvalue weighted by Gasteiger charge is -2.36. The van der Waals surface area contributed by atoms with Crippen molar-refractivity contribution in [3.63, 3.8) is 0 Å². The number of fused-ring (bicyclic) bond motifs is 1. The fraction of sp³-hybridized carbons (Fsp3) is 0.0952. The van der Waals surface area contributed by atoms with E-state index in [0.29, 0.717) is 16.3 Å². The first-order valence-corrected chi connectivity index (χ1v) is 11.0. The minimum absolute atomic E-state index is 0.0672. The van der Waals surface area contributed by atoms with Crippen molar-refractivity contribution in [1.82, 2.24) is 0 Å². The number of rotatable bonds is 4. The summed E-state index contributed by atoms with van der Waals surface area (Å²) in [4.78, 5) is 16.3. The molecule has 0 atom stereocenters. The predicted octanol–water partition coefficient (Wildman–Crippen LogP) is 6.99. The smallest absolute Gasteiger partial charge is 0.288 e. The van der Waals surface area contributed by atoms with Crippen LogP contribution in [0.25, 0.3) is 0 Å². The third kappa shape index (κ3) is 3.95. The number of anilines is 2. The first kappa shape index (κ1) is 20.1. The van der Waals surface area contributed by atoms with E-state index >= 15 is 0 Å². The maximum Gasteiger partial charge on any atom is 0.339 e. The second-order valence-corrected chi connectivity index (χ2v) is 8.54. The number of hydrogen-bond acceptors (Lipinski definition) is 3. The molecule has 0 radical (unpaired) electrons. The summed E-state index contributed by atoms with van der Waals surface area (Å²) in [5, 5.41) is 0.232. The molecule has 3 aromatic rings. The second-order valence-electron chi connectivity index (χ2n) is 6.27. The number of halogens is 3. The highest BCUT2D eigenvalue weighted by Crippen LogP contribution is 2.43. The van der Waals surface area contributed by atoms with Crippen LogP contribution in [0.2, 0.25) is 5.02 Å². The molecular formula is C21H15ClF2N2OS2. The standard InChI is InChI=1S/C21H15ClF2N2OS2/c1-28-15-5-2-4-14(11-15)26-21(27)25(12-16-17(22)6-3-7-18(16)24)19-9-8-13(23)10-20(19)29-26/h2-11H,12H2,1H3. The van der Waals surface area contributed by atoms with Crippen molar-refractivity contribution >= 4 is 52.7 Å². The normalized spacial score (nSPS) is 13.6. The van der Waals surface area contributed by atoms with Gasteiger partial charge >= 0.3 is 6.03 Å². The molecule has 1 heterocycles. The monoisotopic (exact) mass is 448 g/mol. The number of urea groups is 1. The molecule has 1 aliphatic heterocycles. The highest BCUT2D eigenvalue weighted by atomic mass is 35.5. The van der Waals surface area contributed by atoms with Gasteiger partial charge in [0, 0.05) is 15.5 Å². The molecule has 0 spiro atoms. The first-order valence-electron chi connectivity index (χ1n) is 8.64. The zero-order valence-electron chi connectivity index (χ0n) is 15.2. The van der Waals surface area contributed by atoms with Gasteiger partial charge in [-0.15, -0.1) is 11.8 Å². The molecule has 0 aliphatic carbocycles. The van der Waals surface area contributed by atoms with Crippen LogP contribution in [0.1, 0.15) is 5.56 Å². The Hall–Kier alpha value is -2.22. The SMILES string of the molecule is CSc1cccc(N2Sc3cc(F)ccc3N(Cc3c(F)cccc3Cl)C2=O)c1. The maximum atomic E-state index is 14.4. The summed E-state index contributed by atoms with van der Waals surface area (Å²) in [6, 6.07) is 15.7. The lowest BCUT2D eigenvalue weighted by molar-refractivity contribution is 0.254.